The van der Waals surface area contributed by atoms with E-state index in [0.29, 0.717) is 36.4 Å². The number of alkyl halides is 3. The van der Waals surface area contributed by atoms with Crippen LogP contribution in [0, 0.1) is 11.7 Å². The average Bonchev–Trinajstić information content (AvgIpc) is 3.15. The fraction of sp³-hybridized carbons (Fsp3) is 0.370. The zero-order valence-corrected chi connectivity index (χ0v) is 22.6. The van der Waals surface area contributed by atoms with Crippen LogP contribution >= 0.6 is 0 Å². The van der Waals surface area contributed by atoms with Crippen LogP contribution in [-0.4, -0.2) is 54.0 Å². The Hall–Kier alpha value is -3.58. The number of rotatable bonds is 6. The van der Waals surface area contributed by atoms with E-state index in [1.807, 2.05) is 18.7 Å². The highest BCUT2D eigenvalue weighted by Gasteiger charge is 2.32. The van der Waals surface area contributed by atoms with E-state index in [9.17, 15) is 26.0 Å². The Morgan fingerprint density at radius 3 is 2.45 bits per heavy atom. The molecule has 5 rings (SSSR count). The summed E-state index contributed by atoms with van der Waals surface area (Å²) in [7, 11) is -3.86. The minimum Gasteiger partial charge on any atom is -0.354 e. The van der Waals surface area contributed by atoms with Crippen molar-refractivity contribution in [3.8, 4) is 11.3 Å². The SMILES string of the molecule is CC(C)Cc1nc(N2CCCN(S(=O)(=O)c3ccc(F)cc3)CC2)c2c(-c3cccc(C(F)(F)F)c3)noc2n1. The summed E-state index contributed by atoms with van der Waals surface area (Å²) in [5.41, 5.74) is -0.304. The van der Waals surface area contributed by atoms with E-state index < -0.39 is 27.6 Å². The van der Waals surface area contributed by atoms with Crippen LogP contribution in [0.2, 0.25) is 0 Å². The van der Waals surface area contributed by atoms with Crippen LogP contribution < -0.4 is 4.90 Å². The molecule has 8 nitrogen and oxygen atoms in total. The quantitative estimate of drug-likeness (QED) is 0.278. The molecular formula is C27H27F4N5O3S. The van der Waals surface area contributed by atoms with Crippen molar-refractivity contribution in [2.75, 3.05) is 31.1 Å². The molecule has 0 saturated carbocycles. The van der Waals surface area contributed by atoms with E-state index in [1.165, 1.54) is 28.6 Å². The number of hydrogen-bond acceptors (Lipinski definition) is 7. The summed E-state index contributed by atoms with van der Waals surface area (Å²) in [5.74, 6) is 0.604. The molecule has 0 radical (unpaired) electrons. The molecule has 1 fully saturated rings. The van der Waals surface area contributed by atoms with Gasteiger partial charge in [0, 0.05) is 38.2 Å². The van der Waals surface area contributed by atoms with Gasteiger partial charge in [-0.15, -0.1) is 0 Å². The lowest BCUT2D eigenvalue weighted by Gasteiger charge is -2.24. The Morgan fingerprint density at radius 1 is 1.00 bits per heavy atom. The van der Waals surface area contributed by atoms with Crippen LogP contribution in [0.1, 0.15) is 31.7 Å². The smallest absolute Gasteiger partial charge is 0.354 e. The molecule has 2 aromatic carbocycles. The Bertz CT molecular complexity index is 1620. The molecule has 0 N–H and O–H groups in total. The molecule has 0 atom stereocenters. The molecule has 4 aromatic rings. The van der Waals surface area contributed by atoms with Gasteiger partial charge in [0.05, 0.1) is 10.5 Å². The lowest BCUT2D eigenvalue weighted by molar-refractivity contribution is -0.137. The number of hydrogen-bond donors (Lipinski definition) is 0. The predicted octanol–water partition coefficient (Wildman–Crippen LogP) is 5.54. The number of anilines is 1. The van der Waals surface area contributed by atoms with Gasteiger partial charge in [-0.2, -0.15) is 22.5 Å². The normalized spacial score (nSPS) is 15.6. The lowest BCUT2D eigenvalue weighted by Crippen LogP contribution is -2.35. The zero-order chi connectivity index (χ0) is 28.7. The minimum atomic E-state index is -4.54. The van der Waals surface area contributed by atoms with Crippen LogP contribution in [0.4, 0.5) is 23.4 Å². The Labute approximate surface area is 228 Å². The van der Waals surface area contributed by atoms with E-state index in [-0.39, 0.29) is 47.4 Å². The molecular weight excluding hydrogens is 550 g/mol. The van der Waals surface area contributed by atoms with Crippen LogP contribution in [0.3, 0.4) is 0 Å². The highest BCUT2D eigenvalue weighted by Crippen LogP contribution is 2.37. The zero-order valence-electron chi connectivity index (χ0n) is 21.8. The standard InChI is InChI=1S/C27H27F4N5O3S/c1-17(2)15-22-32-25(23-24(34-39-26(23)33-22)18-5-3-6-19(16-18)27(29,30)31)35-11-4-12-36(14-13-35)40(37,38)21-9-7-20(28)8-10-21/h3,5-10,16-17H,4,11-15H2,1-2H3. The molecule has 0 unspecified atom stereocenters. The molecule has 40 heavy (non-hydrogen) atoms. The summed E-state index contributed by atoms with van der Waals surface area (Å²) >= 11 is 0. The van der Waals surface area contributed by atoms with Gasteiger partial charge in [0.25, 0.3) is 5.71 Å². The Balaban J connectivity index is 1.54. The maximum absolute atomic E-state index is 13.4. The highest BCUT2D eigenvalue weighted by molar-refractivity contribution is 7.89. The summed E-state index contributed by atoms with van der Waals surface area (Å²) in [4.78, 5) is 11.1. The second kappa shape index (κ2) is 10.8. The summed E-state index contributed by atoms with van der Waals surface area (Å²) in [6, 6.07) is 9.47. The molecule has 0 amide bonds. The number of benzene rings is 2. The molecule has 212 valence electrons. The summed E-state index contributed by atoms with van der Waals surface area (Å²) in [6.45, 7) is 5.04. The lowest BCUT2D eigenvalue weighted by atomic mass is 10.1. The van der Waals surface area contributed by atoms with E-state index in [4.69, 9.17) is 9.51 Å². The fourth-order valence-corrected chi connectivity index (χ4v) is 6.18. The van der Waals surface area contributed by atoms with Crippen molar-refractivity contribution >= 4 is 26.9 Å². The van der Waals surface area contributed by atoms with E-state index in [0.717, 1.165) is 24.3 Å². The maximum Gasteiger partial charge on any atom is 0.416 e. The number of fused-ring (bicyclic) bond motifs is 1. The summed E-state index contributed by atoms with van der Waals surface area (Å²) < 4.78 is 87.0. The predicted molar refractivity (Wildman–Crippen MR) is 141 cm³/mol. The van der Waals surface area contributed by atoms with Crippen LogP contribution in [0.5, 0.6) is 0 Å². The first-order valence-electron chi connectivity index (χ1n) is 12.8. The van der Waals surface area contributed by atoms with Gasteiger partial charge in [0.2, 0.25) is 10.0 Å². The highest BCUT2D eigenvalue weighted by atomic mass is 32.2. The summed E-state index contributed by atoms with van der Waals surface area (Å²) in [6.07, 6.45) is -3.55. The van der Waals surface area contributed by atoms with Crippen molar-refractivity contribution in [1.82, 2.24) is 19.4 Å². The molecule has 0 bridgehead atoms. The van der Waals surface area contributed by atoms with Gasteiger partial charge in [0.15, 0.2) is 0 Å². The van der Waals surface area contributed by atoms with E-state index in [2.05, 4.69) is 10.1 Å². The van der Waals surface area contributed by atoms with Gasteiger partial charge in [-0.1, -0.05) is 31.1 Å². The van der Waals surface area contributed by atoms with Crippen molar-refractivity contribution in [1.29, 1.82) is 0 Å². The number of sulfonamides is 1. The molecule has 1 saturated heterocycles. The van der Waals surface area contributed by atoms with Crippen LogP contribution in [-0.2, 0) is 22.6 Å². The van der Waals surface area contributed by atoms with Crippen molar-refractivity contribution in [2.24, 2.45) is 5.92 Å². The van der Waals surface area contributed by atoms with Crippen molar-refractivity contribution < 1.29 is 30.5 Å². The monoisotopic (exact) mass is 577 g/mol. The molecule has 1 aliphatic rings. The second-order valence-corrected chi connectivity index (χ2v) is 12.0. The van der Waals surface area contributed by atoms with Gasteiger partial charge in [-0.25, -0.2) is 17.8 Å². The van der Waals surface area contributed by atoms with Gasteiger partial charge in [-0.05, 0) is 48.7 Å². The van der Waals surface area contributed by atoms with Crippen LogP contribution in [0.25, 0.3) is 22.4 Å². The summed E-state index contributed by atoms with van der Waals surface area (Å²) in [5, 5.41) is 4.44. The molecule has 13 heteroatoms. The van der Waals surface area contributed by atoms with Gasteiger partial charge < -0.3 is 9.42 Å². The van der Waals surface area contributed by atoms with Crippen molar-refractivity contribution in [3.63, 3.8) is 0 Å². The number of halogens is 4. The number of nitrogens with zero attached hydrogens (tertiary/aromatic N) is 5. The Kier molecular flexibility index (Phi) is 7.53. The third-order valence-electron chi connectivity index (χ3n) is 6.62. The first-order chi connectivity index (χ1) is 18.9. The topological polar surface area (TPSA) is 92.4 Å². The van der Waals surface area contributed by atoms with E-state index in [1.54, 1.807) is 0 Å². The first-order valence-corrected chi connectivity index (χ1v) is 14.2. The van der Waals surface area contributed by atoms with Crippen molar-refractivity contribution in [3.05, 3.63) is 65.7 Å². The van der Waals surface area contributed by atoms with E-state index >= 15 is 0 Å². The Morgan fingerprint density at radius 2 is 1.75 bits per heavy atom. The first kappa shape index (κ1) is 28.0. The molecule has 0 spiro atoms. The van der Waals surface area contributed by atoms with Gasteiger partial charge in [-0.3, -0.25) is 0 Å². The third-order valence-corrected chi connectivity index (χ3v) is 8.54. The molecule has 2 aromatic heterocycles. The van der Waals surface area contributed by atoms with Gasteiger partial charge >= 0.3 is 6.18 Å². The number of aromatic nitrogens is 3. The van der Waals surface area contributed by atoms with Crippen LogP contribution in [0.15, 0.2) is 57.9 Å². The minimum absolute atomic E-state index is 0.00290. The second-order valence-electron chi connectivity index (χ2n) is 10.0. The van der Waals surface area contributed by atoms with Gasteiger partial charge in [0.1, 0.15) is 28.5 Å². The third kappa shape index (κ3) is 5.66. The maximum atomic E-state index is 13.4. The molecule has 0 aliphatic carbocycles. The van der Waals surface area contributed by atoms with Crippen molar-refractivity contribution in [2.45, 2.75) is 37.8 Å². The largest absolute Gasteiger partial charge is 0.416 e. The average molecular weight is 578 g/mol. The molecule has 3 heterocycles. The fourth-order valence-electron chi connectivity index (χ4n) is 4.71. The molecule has 1 aliphatic heterocycles.